The molecule has 4 aromatic rings. The van der Waals surface area contributed by atoms with Gasteiger partial charge in [-0.3, -0.25) is 9.78 Å². The Morgan fingerprint density at radius 3 is 2.50 bits per heavy atom. The Labute approximate surface area is 183 Å². The summed E-state index contributed by atoms with van der Waals surface area (Å²) >= 11 is 5.92. The molecule has 32 heavy (non-hydrogen) atoms. The molecule has 0 aliphatic carbocycles. The van der Waals surface area contributed by atoms with Gasteiger partial charge in [-0.1, -0.05) is 17.7 Å². The van der Waals surface area contributed by atoms with Crippen molar-refractivity contribution in [2.45, 2.75) is 12.6 Å². The minimum Gasteiger partial charge on any atom is -0.355 e. The van der Waals surface area contributed by atoms with Crippen LogP contribution in [0.4, 0.5) is 23.5 Å². The summed E-state index contributed by atoms with van der Waals surface area (Å²) in [7, 11) is 1.72. The molecule has 166 valence electrons. The van der Waals surface area contributed by atoms with Gasteiger partial charge in [0.05, 0.1) is 5.56 Å². The number of nitrogens with zero attached hydrogens (tertiary/aromatic N) is 3. The van der Waals surface area contributed by atoms with Gasteiger partial charge in [-0.25, -0.2) is 9.37 Å². The topological polar surface area (TPSA) is 75.6 Å². The van der Waals surface area contributed by atoms with Crippen molar-refractivity contribution in [2.75, 3.05) is 11.9 Å². The summed E-state index contributed by atoms with van der Waals surface area (Å²) in [4.78, 5) is 23.8. The number of imidazole rings is 1. The van der Waals surface area contributed by atoms with Gasteiger partial charge in [0, 0.05) is 24.2 Å². The lowest BCUT2D eigenvalue weighted by Gasteiger charge is -2.10. The number of H-pyrrole nitrogens is 1. The van der Waals surface area contributed by atoms with Crippen LogP contribution in [0.1, 0.15) is 11.1 Å². The Bertz CT molecular complexity index is 1350. The molecule has 0 fully saturated rings. The average molecular weight is 466 g/mol. The molecule has 0 amide bonds. The molecular weight excluding hydrogens is 450 g/mol. The van der Waals surface area contributed by atoms with Crippen LogP contribution in [0.5, 0.6) is 0 Å². The summed E-state index contributed by atoms with van der Waals surface area (Å²) < 4.78 is 53.7. The molecule has 2 aromatic heterocycles. The molecule has 0 spiro atoms. The first-order chi connectivity index (χ1) is 15.1. The van der Waals surface area contributed by atoms with Crippen LogP contribution in [0, 0.1) is 5.82 Å². The van der Waals surface area contributed by atoms with Crippen molar-refractivity contribution in [1.82, 2.24) is 19.5 Å². The van der Waals surface area contributed by atoms with E-state index in [1.165, 1.54) is 0 Å². The van der Waals surface area contributed by atoms with Gasteiger partial charge < -0.3 is 9.88 Å². The van der Waals surface area contributed by atoms with Crippen molar-refractivity contribution in [2.24, 2.45) is 7.05 Å². The van der Waals surface area contributed by atoms with Crippen molar-refractivity contribution >= 4 is 28.7 Å². The van der Waals surface area contributed by atoms with E-state index in [9.17, 15) is 22.4 Å². The van der Waals surface area contributed by atoms with Gasteiger partial charge >= 0.3 is 6.18 Å². The summed E-state index contributed by atoms with van der Waals surface area (Å²) in [5.74, 6) is -0.281. The zero-order valence-electron chi connectivity index (χ0n) is 16.6. The lowest BCUT2D eigenvalue weighted by atomic mass is 10.1. The maximum absolute atomic E-state index is 14.0. The fourth-order valence-corrected chi connectivity index (χ4v) is 3.38. The molecule has 2 heterocycles. The van der Waals surface area contributed by atoms with Crippen molar-refractivity contribution in [3.63, 3.8) is 0 Å². The molecule has 2 N–H and O–H groups in total. The van der Waals surface area contributed by atoms with Crippen LogP contribution >= 0.6 is 11.6 Å². The molecule has 11 heteroatoms. The Balaban J connectivity index is 1.54. The van der Waals surface area contributed by atoms with Crippen LogP contribution in [0.2, 0.25) is 5.02 Å². The minimum absolute atomic E-state index is 0.0904. The Kier molecular flexibility index (Phi) is 5.64. The van der Waals surface area contributed by atoms with E-state index in [2.05, 4.69) is 20.3 Å². The van der Waals surface area contributed by atoms with E-state index in [0.29, 0.717) is 22.6 Å². The quantitative estimate of drug-likeness (QED) is 0.416. The number of aryl methyl sites for hydroxylation is 1. The van der Waals surface area contributed by atoms with Crippen LogP contribution in [-0.4, -0.2) is 26.1 Å². The second-order valence-corrected chi connectivity index (χ2v) is 7.51. The fraction of sp³-hybridized carbons (Fsp3) is 0.190. The van der Waals surface area contributed by atoms with E-state index in [0.717, 1.165) is 17.7 Å². The van der Waals surface area contributed by atoms with Gasteiger partial charge in [0.2, 0.25) is 5.95 Å². The third kappa shape index (κ3) is 4.31. The SMILES string of the molecule is Cn1c(-c2ccc(Cl)cc2)nc2c(=O)[nH]c(NCCc3ccc(C(F)(F)F)cc3F)nc21. The zero-order valence-corrected chi connectivity index (χ0v) is 17.4. The fourth-order valence-electron chi connectivity index (χ4n) is 3.25. The summed E-state index contributed by atoms with van der Waals surface area (Å²) in [6.45, 7) is 0.138. The van der Waals surface area contributed by atoms with Gasteiger partial charge in [-0.2, -0.15) is 18.2 Å². The molecular formula is C21H16ClF4N5O. The van der Waals surface area contributed by atoms with Crippen molar-refractivity contribution in [1.29, 1.82) is 0 Å². The Morgan fingerprint density at radius 2 is 1.84 bits per heavy atom. The monoisotopic (exact) mass is 465 g/mol. The number of benzene rings is 2. The smallest absolute Gasteiger partial charge is 0.355 e. The molecule has 0 saturated carbocycles. The molecule has 4 rings (SSSR count). The summed E-state index contributed by atoms with van der Waals surface area (Å²) in [5.41, 5.74) is -0.162. The third-order valence-electron chi connectivity index (χ3n) is 4.90. The first-order valence-electron chi connectivity index (χ1n) is 9.45. The Hall–Kier alpha value is -3.40. The summed E-state index contributed by atoms with van der Waals surface area (Å²) in [6, 6.07) is 9.36. The molecule has 0 atom stereocenters. The molecule has 2 aromatic carbocycles. The minimum atomic E-state index is -4.61. The van der Waals surface area contributed by atoms with Gasteiger partial charge in [0.15, 0.2) is 11.2 Å². The lowest BCUT2D eigenvalue weighted by molar-refractivity contribution is -0.137. The maximum Gasteiger partial charge on any atom is 0.416 e. The molecule has 0 aliphatic heterocycles. The van der Waals surface area contributed by atoms with Gasteiger partial charge in [0.25, 0.3) is 5.56 Å². The van der Waals surface area contributed by atoms with Crippen molar-refractivity contribution in [3.05, 3.63) is 74.8 Å². The zero-order chi connectivity index (χ0) is 23.0. The lowest BCUT2D eigenvalue weighted by Crippen LogP contribution is -2.16. The number of aromatic nitrogens is 4. The van der Waals surface area contributed by atoms with E-state index >= 15 is 0 Å². The molecule has 6 nitrogen and oxygen atoms in total. The van der Waals surface area contributed by atoms with Gasteiger partial charge in [0.1, 0.15) is 11.6 Å². The standard InChI is InChI=1S/C21H16ClF4N5O/c1-31-17(12-3-6-14(22)7-4-12)28-16-18(31)29-20(30-19(16)32)27-9-8-11-2-5-13(10-15(11)23)21(24,25)26/h2-7,10H,8-9H2,1H3,(H2,27,29,30,32). The predicted octanol–water partition coefficient (Wildman–Crippen LogP) is 4.79. The molecule has 0 bridgehead atoms. The largest absolute Gasteiger partial charge is 0.416 e. The average Bonchev–Trinajstić information content (AvgIpc) is 3.06. The number of anilines is 1. The van der Waals surface area contributed by atoms with Crippen molar-refractivity contribution < 1.29 is 17.6 Å². The molecule has 0 saturated heterocycles. The van der Waals surface area contributed by atoms with E-state index in [-0.39, 0.29) is 30.0 Å². The van der Waals surface area contributed by atoms with Gasteiger partial charge in [-0.15, -0.1) is 0 Å². The first-order valence-corrected chi connectivity index (χ1v) is 9.83. The molecule has 0 radical (unpaired) electrons. The number of fused-ring (bicyclic) bond motifs is 1. The van der Waals surface area contributed by atoms with Crippen LogP contribution in [0.25, 0.3) is 22.6 Å². The second-order valence-electron chi connectivity index (χ2n) is 7.07. The number of aromatic amines is 1. The highest BCUT2D eigenvalue weighted by Gasteiger charge is 2.31. The number of alkyl halides is 3. The van der Waals surface area contributed by atoms with Crippen LogP contribution in [-0.2, 0) is 19.6 Å². The summed E-state index contributed by atoms with van der Waals surface area (Å²) in [5, 5.41) is 3.44. The predicted molar refractivity (Wildman–Crippen MR) is 113 cm³/mol. The number of hydrogen-bond donors (Lipinski definition) is 2. The number of halogens is 5. The number of nitrogens with one attached hydrogen (secondary N) is 2. The van der Waals surface area contributed by atoms with E-state index in [4.69, 9.17) is 11.6 Å². The Morgan fingerprint density at radius 1 is 1.12 bits per heavy atom. The van der Waals surface area contributed by atoms with E-state index in [1.54, 1.807) is 35.9 Å². The van der Waals surface area contributed by atoms with Crippen LogP contribution in [0.15, 0.2) is 47.3 Å². The third-order valence-corrected chi connectivity index (χ3v) is 5.15. The highest BCUT2D eigenvalue weighted by molar-refractivity contribution is 6.30. The number of hydrogen-bond acceptors (Lipinski definition) is 4. The van der Waals surface area contributed by atoms with Crippen LogP contribution < -0.4 is 10.9 Å². The van der Waals surface area contributed by atoms with Crippen molar-refractivity contribution in [3.8, 4) is 11.4 Å². The first kappa shape index (κ1) is 21.8. The summed E-state index contributed by atoms with van der Waals surface area (Å²) in [6.07, 6.45) is -4.52. The maximum atomic E-state index is 14.0. The van der Waals surface area contributed by atoms with E-state index < -0.39 is 23.1 Å². The van der Waals surface area contributed by atoms with Crippen LogP contribution in [0.3, 0.4) is 0 Å². The van der Waals surface area contributed by atoms with Gasteiger partial charge in [-0.05, 0) is 48.4 Å². The molecule has 0 aliphatic rings. The van der Waals surface area contributed by atoms with E-state index in [1.807, 2.05) is 0 Å². The highest BCUT2D eigenvalue weighted by Crippen LogP contribution is 2.30. The highest BCUT2D eigenvalue weighted by atomic mass is 35.5. The number of rotatable bonds is 5. The molecule has 0 unspecified atom stereocenters. The second kappa shape index (κ2) is 8.27. The normalized spacial score (nSPS) is 11.8.